The van der Waals surface area contributed by atoms with Gasteiger partial charge in [-0.1, -0.05) is 36.4 Å². The van der Waals surface area contributed by atoms with E-state index in [-0.39, 0.29) is 5.41 Å². The molecule has 0 amide bonds. The van der Waals surface area contributed by atoms with Gasteiger partial charge in [-0.15, -0.1) is 0 Å². The highest BCUT2D eigenvalue weighted by Gasteiger charge is 2.44. The van der Waals surface area contributed by atoms with Crippen LogP contribution < -0.4 is 0 Å². The fraction of sp³-hybridized carbons (Fsp3) is 0.286. The predicted molar refractivity (Wildman–Crippen MR) is 129 cm³/mol. The molecule has 0 saturated carbocycles. The number of rotatable bonds is 2. The van der Waals surface area contributed by atoms with Gasteiger partial charge in [0.25, 0.3) is 0 Å². The van der Waals surface area contributed by atoms with Crippen LogP contribution in [0.5, 0.6) is 0 Å². The predicted octanol–water partition coefficient (Wildman–Crippen LogP) is 5.76. The van der Waals surface area contributed by atoms with Gasteiger partial charge >= 0.3 is 0 Å². The molecule has 4 nitrogen and oxygen atoms in total. The molecule has 0 radical (unpaired) electrons. The fourth-order valence-corrected chi connectivity index (χ4v) is 5.67. The third-order valence-corrected chi connectivity index (χ3v) is 7.63. The number of benzene rings is 2. The molecular weight excluding hydrogens is 394 g/mol. The zero-order valence-corrected chi connectivity index (χ0v) is 18.6. The van der Waals surface area contributed by atoms with Crippen molar-refractivity contribution < 1.29 is 4.79 Å². The van der Waals surface area contributed by atoms with E-state index < -0.39 is 0 Å². The van der Waals surface area contributed by atoms with Gasteiger partial charge in [-0.3, -0.25) is 4.79 Å². The fourth-order valence-electron chi connectivity index (χ4n) is 5.67. The van der Waals surface area contributed by atoms with E-state index >= 15 is 0 Å². The molecule has 4 aromatic rings. The van der Waals surface area contributed by atoms with Gasteiger partial charge in [0.1, 0.15) is 5.65 Å². The molecule has 6 rings (SSSR count). The van der Waals surface area contributed by atoms with E-state index in [2.05, 4.69) is 78.6 Å². The molecule has 32 heavy (non-hydrogen) atoms. The van der Waals surface area contributed by atoms with Gasteiger partial charge in [-0.25, -0.2) is 4.98 Å². The topological polar surface area (TPSA) is 49.0 Å². The van der Waals surface area contributed by atoms with Crippen molar-refractivity contribution in [2.75, 3.05) is 20.1 Å². The molecule has 1 saturated heterocycles. The van der Waals surface area contributed by atoms with Gasteiger partial charge in [0.05, 0.1) is 0 Å². The van der Waals surface area contributed by atoms with Gasteiger partial charge in [0.2, 0.25) is 0 Å². The average molecular weight is 422 g/mol. The number of aromatic nitrogens is 2. The molecule has 1 aliphatic heterocycles. The first kappa shape index (κ1) is 19.4. The third kappa shape index (κ3) is 2.94. The van der Waals surface area contributed by atoms with E-state index in [4.69, 9.17) is 4.98 Å². The molecule has 160 valence electrons. The number of likely N-dealkylation sites (tertiary alicyclic amines) is 1. The standard InChI is InChI=1S/C28H27N3O/c1-18-5-3-4-6-21(18)20-13-23-24(17-30-27(23)29-16-20)19-7-8-22-25(14-19)28(15-26(22)32)9-11-31(2)12-10-28/h3-8,13-14,16-17H,9-12,15H2,1-2H3,(H,29,30). The summed E-state index contributed by atoms with van der Waals surface area (Å²) in [5.41, 5.74) is 8.96. The Labute approximate surface area is 188 Å². The number of ketones is 1. The number of H-pyrrole nitrogens is 1. The molecule has 1 aliphatic carbocycles. The number of nitrogens with one attached hydrogen (secondary N) is 1. The van der Waals surface area contributed by atoms with Crippen LogP contribution in [0.25, 0.3) is 33.3 Å². The van der Waals surface area contributed by atoms with E-state index in [0.717, 1.165) is 59.2 Å². The Bertz CT molecular complexity index is 1360. The molecule has 1 spiro atoms. The second-order valence-electron chi connectivity index (χ2n) is 9.58. The molecule has 1 fully saturated rings. The summed E-state index contributed by atoms with van der Waals surface area (Å²) in [5, 5.41) is 1.12. The lowest BCUT2D eigenvalue weighted by Gasteiger charge is -2.38. The minimum Gasteiger partial charge on any atom is -0.346 e. The summed E-state index contributed by atoms with van der Waals surface area (Å²) in [7, 11) is 2.17. The number of hydrogen-bond acceptors (Lipinski definition) is 3. The lowest BCUT2D eigenvalue weighted by Crippen LogP contribution is -2.39. The highest BCUT2D eigenvalue weighted by atomic mass is 16.1. The number of aromatic amines is 1. The number of piperidine rings is 1. The molecule has 2 aromatic heterocycles. The van der Waals surface area contributed by atoms with Crippen molar-refractivity contribution in [3.8, 4) is 22.3 Å². The van der Waals surface area contributed by atoms with E-state index in [1.54, 1.807) is 0 Å². The Morgan fingerprint density at radius 3 is 2.59 bits per heavy atom. The van der Waals surface area contributed by atoms with Crippen LogP contribution in [0.15, 0.2) is 60.9 Å². The van der Waals surface area contributed by atoms with Crippen LogP contribution >= 0.6 is 0 Å². The van der Waals surface area contributed by atoms with Gasteiger partial charge in [-0.2, -0.15) is 0 Å². The normalized spacial score (nSPS) is 17.9. The molecule has 3 heterocycles. The lowest BCUT2D eigenvalue weighted by atomic mass is 9.73. The monoisotopic (exact) mass is 421 g/mol. The van der Waals surface area contributed by atoms with Crippen LogP contribution in [0.3, 0.4) is 0 Å². The Morgan fingerprint density at radius 2 is 1.78 bits per heavy atom. The van der Waals surface area contributed by atoms with Crippen molar-refractivity contribution in [3.63, 3.8) is 0 Å². The van der Waals surface area contributed by atoms with Crippen molar-refractivity contribution >= 4 is 16.8 Å². The van der Waals surface area contributed by atoms with Gasteiger partial charge in [-0.05, 0) is 74.3 Å². The smallest absolute Gasteiger partial charge is 0.164 e. The van der Waals surface area contributed by atoms with Crippen LogP contribution in [0.2, 0.25) is 0 Å². The molecule has 4 heteroatoms. The highest BCUT2D eigenvalue weighted by molar-refractivity contribution is 6.04. The molecule has 2 aromatic carbocycles. The van der Waals surface area contributed by atoms with E-state index in [0.29, 0.717) is 12.2 Å². The number of carbonyl (C=O) groups excluding carboxylic acids is 1. The SMILES string of the molecule is Cc1ccccc1-c1cnc2[nH]cc(-c3ccc4c(c3)C3(CCN(C)CC3)CC4=O)c2c1. The highest BCUT2D eigenvalue weighted by Crippen LogP contribution is 2.47. The maximum Gasteiger partial charge on any atom is 0.164 e. The molecule has 0 atom stereocenters. The van der Waals surface area contributed by atoms with E-state index in [1.165, 1.54) is 16.7 Å². The van der Waals surface area contributed by atoms with Crippen molar-refractivity contribution in [2.24, 2.45) is 0 Å². The number of pyridine rings is 1. The van der Waals surface area contributed by atoms with E-state index in [9.17, 15) is 4.79 Å². The van der Waals surface area contributed by atoms with Crippen LogP contribution in [-0.4, -0.2) is 40.8 Å². The maximum atomic E-state index is 12.8. The summed E-state index contributed by atoms with van der Waals surface area (Å²) in [6, 6.07) is 17.1. The van der Waals surface area contributed by atoms with Gasteiger partial charge in [0.15, 0.2) is 5.78 Å². The van der Waals surface area contributed by atoms with Crippen molar-refractivity contribution in [1.29, 1.82) is 0 Å². The summed E-state index contributed by atoms with van der Waals surface area (Å²) >= 11 is 0. The number of aryl methyl sites for hydroxylation is 1. The first-order chi connectivity index (χ1) is 15.5. The van der Waals surface area contributed by atoms with Crippen LogP contribution in [0.4, 0.5) is 0 Å². The summed E-state index contributed by atoms with van der Waals surface area (Å²) in [5.74, 6) is 0.304. The molecule has 2 aliphatic rings. The summed E-state index contributed by atoms with van der Waals surface area (Å²) in [4.78, 5) is 23.3. The Balaban J connectivity index is 1.47. The third-order valence-electron chi connectivity index (χ3n) is 7.63. The van der Waals surface area contributed by atoms with Crippen molar-refractivity contribution in [2.45, 2.75) is 31.6 Å². The average Bonchev–Trinajstić information content (AvgIpc) is 3.35. The van der Waals surface area contributed by atoms with Crippen LogP contribution in [0.1, 0.15) is 40.7 Å². The second-order valence-corrected chi connectivity index (χ2v) is 9.58. The lowest BCUT2D eigenvalue weighted by molar-refractivity contribution is 0.0945. The largest absolute Gasteiger partial charge is 0.346 e. The molecule has 1 N–H and O–H groups in total. The van der Waals surface area contributed by atoms with Gasteiger partial charge < -0.3 is 9.88 Å². The summed E-state index contributed by atoms with van der Waals surface area (Å²) in [6.45, 7) is 4.23. The summed E-state index contributed by atoms with van der Waals surface area (Å²) < 4.78 is 0. The first-order valence-corrected chi connectivity index (χ1v) is 11.4. The molecular formula is C28H27N3O. The number of hydrogen-bond donors (Lipinski definition) is 1. The zero-order valence-electron chi connectivity index (χ0n) is 18.6. The zero-order chi connectivity index (χ0) is 21.9. The number of fused-ring (bicyclic) bond motifs is 3. The van der Waals surface area contributed by atoms with E-state index in [1.807, 2.05) is 6.20 Å². The minimum atomic E-state index is 0.00556. The van der Waals surface area contributed by atoms with Crippen molar-refractivity contribution in [1.82, 2.24) is 14.9 Å². The quantitative estimate of drug-likeness (QED) is 0.448. The Hall–Kier alpha value is -3.24. The minimum absolute atomic E-state index is 0.00556. The number of carbonyl (C=O) groups is 1. The second kappa shape index (κ2) is 7.14. The maximum absolute atomic E-state index is 12.8. The number of Topliss-reactive ketones (excluding diaryl/α,β-unsaturated/α-hetero) is 1. The first-order valence-electron chi connectivity index (χ1n) is 11.4. The molecule has 0 unspecified atom stereocenters. The van der Waals surface area contributed by atoms with Crippen molar-refractivity contribution in [3.05, 3.63) is 77.6 Å². The van der Waals surface area contributed by atoms with Crippen LogP contribution in [0, 0.1) is 6.92 Å². The number of nitrogens with zero attached hydrogens (tertiary/aromatic N) is 2. The molecule has 0 bridgehead atoms. The summed E-state index contributed by atoms with van der Waals surface area (Å²) in [6.07, 6.45) is 6.77. The Morgan fingerprint density at radius 1 is 0.969 bits per heavy atom. The van der Waals surface area contributed by atoms with Crippen LogP contribution in [-0.2, 0) is 5.41 Å². The van der Waals surface area contributed by atoms with Gasteiger partial charge in [0, 0.05) is 46.3 Å². The Kier molecular flexibility index (Phi) is 4.34.